The summed E-state index contributed by atoms with van der Waals surface area (Å²) in [5, 5.41) is 5.80. The number of hydrogen-bond donors (Lipinski definition) is 3. The van der Waals surface area contributed by atoms with Gasteiger partial charge in [0.2, 0.25) is 0 Å². The lowest BCUT2D eigenvalue weighted by atomic mass is 10.1. The Morgan fingerprint density at radius 2 is 1.85 bits per heavy atom. The van der Waals surface area contributed by atoms with Crippen molar-refractivity contribution in [2.45, 2.75) is 0 Å². The highest BCUT2D eigenvalue weighted by Crippen LogP contribution is 2.31. The quantitative estimate of drug-likeness (QED) is 0.687. The van der Waals surface area contributed by atoms with Crippen molar-refractivity contribution in [3.63, 3.8) is 0 Å². The van der Waals surface area contributed by atoms with E-state index in [4.69, 9.17) is 5.73 Å². The second-order valence-corrected chi connectivity index (χ2v) is 5.90. The predicted octanol–water partition coefficient (Wildman–Crippen LogP) is 3.90. The third-order valence-corrected chi connectivity index (χ3v) is 3.89. The van der Waals surface area contributed by atoms with E-state index in [9.17, 15) is 4.79 Å². The van der Waals surface area contributed by atoms with Crippen molar-refractivity contribution in [3.8, 4) is 0 Å². The smallest absolute Gasteiger partial charge is 0.251 e. The van der Waals surface area contributed by atoms with E-state index in [0.717, 1.165) is 14.6 Å². The molecule has 104 valence electrons. The maximum Gasteiger partial charge on any atom is 0.251 e. The van der Waals surface area contributed by atoms with Gasteiger partial charge < -0.3 is 16.4 Å². The van der Waals surface area contributed by atoms with E-state index in [1.165, 1.54) is 0 Å². The number of halogens is 2. The SMILES string of the molecule is CNC(=O)c1ccc(N)c(Nc2ccc(Br)cc2Br)c1. The number of nitrogen functional groups attached to an aromatic ring is 1. The van der Waals surface area contributed by atoms with Crippen LogP contribution < -0.4 is 16.4 Å². The fourth-order valence-corrected chi connectivity index (χ4v) is 2.83. The van der Waals surface area contributed by atoms with Gasteiger partial charge in [-0.1, -0.05) is 15.9 Å². The number of carbonyl (C=O) groups excluding carboxylic acids is 1. The zero-order valence-corrected chi connectivity index (χ0v) is 13.9. The highest BCUT2D eigenvalue weighted by Gasteiger charge is 2.08. The van der Waals surface area contributed by atoms with Crippen molar-refractivity contribution < 1.29 is 4.79 Å². The third kappa shape index (κ3) is 3.32. The monoisotopic (exact) mass is 397 g/mol. The van der Waals surface area contributed by atoms with Gasteiger partial charge in [0.15, 0.2) is 0 Å². The molecule has 6 heteroatoms. The summed E-state index contributed by atoms with van der Waals surface area (Å²) in [6.45, 7) is 0. The molecule has 0 fully saturated rings. The largest absolute Gasteiger partial charge is 0.397 e. The number of rotatable bonds is 3. The van der Waals surface area contributed by atoms with Gasteiger partial charge in [-0.3, -0.25) is 4.79 Å². The Kier molecular flexibility index (Phi) is 4.67. The van der Waals surface area contributed by atoms with Crippen LogP contribution in [0.15, 0.2) is 45.3 Å². The number of nitrogens with two attached hydrogens (primary N) is 1. The average Bonchev–Trinajstić information content (AvgIpc) is 2.43. The zero-order valence-electron chi connectivity index (χ0n) is 10.7. The fraction of sp³-hybridized carbons (Fsp3) is 0.0714. The normalized spacial score (nSPS) is 10.2. The molecule has 0 aliphatic rings. The zero-order chi connectivity index (χ0) is 14.7. The Hall–Kier alpha value is -1.53. The minimum atomic E-state index is -0.150. The maximum atomic E-state index is 11.6. The van der Waals surface area contributed by atoms with Gasteiger partial charge in [-0.2, -0.15) is 0 Å². The Labute approximate surface area is 134 Å². The minimum absolute atomic E-state index is 0.150. The summed E-state index contributed by atoms with van der Waals surface area (Å²) in [5.41, 5.74) is 8.63. The molecule has 4 N–H and O–H groups in total. The summed E-state index contributed by atoms with van der Waals surface area (Å²) in [6.07, 6.45) is 0. The minimum Gasteiger partial charge on any atom is -0.397 e. The van der Waals surface area contributed by atoms with Gasteiger partial charge in [0, 0.05) is 21.6 Å². The molecule has 0 saturated carbocycles. The number of hydrogen-bond acceptors (Lipinski definition) is 3. The molecule has 0 unspecified atom stereocenters. The molecule has 20 heavy (non-hydrogen) atoms. The first-order valence-corrected chi connectivity index (χ1v) is 7.43. The van der Waals surface area contributed by atoms with E-state index in [1.807, 2.05) is 18.2 Å². The first kappa shape index (κ1) is 14.9. The highest BCUT2D eigenvalue weighted by molar-refractivity contribution is 9.11. The molecule has 0 spiro atoms. The average molecular weight is 399 g/mol. The first-order chi connectivity index (χ1) is 9.51. The molecular formula is C14H13Br2N3O. The molecule has 2 aromatic rings. The molecule has 0 atom stereocenters. The molecule has 1 amide bonds. The summed E-state index contributed by atoms with van der Waals surface area (Å²) >= 11 is 6.88. The fourth-order valence-electron chi connectivity index (χ4n) is 1.69. The number of nitrogens with one attached hydrogen (secondary N) is 2. The van der Waals surface area contributed by atoms with Crippen LogP contribution in [0.3, 0.4) is 0 Å². The molecule has 0 heterocycles. The number of benzene rings is 2. The summed E-state index contributed by atoms with van der Waals surface area (Å²) in [4.78, 5) is 11.6. The lowest BCUT2D eigenvalue weighted by Gasteiger charge is -2.12. The van der Waals surface area contributed by atoms with Crippen molar-refractivity contribution in [3.05, 3.63) is 50.9 Å². The number of anilines is 3. The third-order valence-electron chi connectivity index (χ3n) is 2.74. The van der Waals surface area contributed by atoms with Crippen molar-refractivity contribution in [1.29, 1.82) is 0 Å². The van der Waals surface area contributed by atoms with E-state index in [2.05, 4.69) is 42.5 Å². The van der Waals surface area contributed by atoms with E-state index in [1.54, 1.807) is 25.2 Å². The molecule has 0 saturated heterocycles. The van der Waals surface area contributed by atoms with Crippen LogP contribution in [0.25, 0.3) is 0 Å². The van der Waals surface area contributed by atoms with Gasteiger partial charge >= 0.3 is 0 Å². The number of carbonyl (C=O) groups is 1. The molecule has 0 aromatic heterocycles. The van der Waals surface area contributed by atoms with Crippen LogP contribution in [0.1, 0.15) is 10.4 Å². The van der Waals surface area contributed by atoms with Gasteiger partial charge in [-0.25, -0.2) is 0 Å². The van der Waals surface area contributed by atoms with Crippen LogP contribution in [-0.2, 0) is 0 Å². The van der Waals surface area contributed by atoms with E-state index in [-0.39, 0.29) is 5.91 Å². The van der Waals surface area contributed by atoms with E-state index in [0.29, 0.717) is 16.9 Å². The van der Waals surface area contributed by atoms with Crippen LogP contribution in [-0.4, -0.2) is 13.0 Å². The van der Waals surface area contributed by atoms with E-state index < -0.39 is 0 Å². The van der Waals surface area contributed by atoms with Crippen LogP contribution in [0.2, 0.25) is 0 Å². The Balaban J connectivity index is 2.35. The molecule has 2 aromatic carbocycles. The summed E-state index contributed by atoms with van der Waals surface area (Å²) in [5.74, 6) is -0.150. The van der Waals surface area contributed by atoms with Crippen molar-refractivity contribution in [1.82, 2.24) is 5.32 Å². The van der Waals surface area contributed by atoms with Gasteiger partial charge in [0.05, 0.1) is 17.1 Å². The lowest BCUT2D eigenvalue weighted by Crippen LogP contribution is -2.18. The van der Waals surface area contributed by atoms with Crippen LogP contribution in [0, 0.1) is 0 Å². The maximum absolute atomic E-state index is 11.6. The van der Waals surface area contributed by atoms with E-state index >= 15 is 0 Å². The molecule has 0 bridgehead atoms. The summed E-state index contributed by atoms with van der Waals surface area (Å²) < 4.78 is 1.87. The van der Waals surface area contributed by atoms with Crippen LogP contribution in [0.5, 0.6) is 0 Å². The predicted molar refractivity (Wildman–Crippen MR) is 89.4 cm³/mol. The molecule has 4 nitrogen and oxygen atoms in total. The molecular weight excluding hydrogens is 386 g/mol. The second-order valence-electron chi connectivity index (χ2n) is 4.13. The van der Waals surface area contributed by atoms with Gasteiger partial charge in [-0.05, 0) is 52.3 Å². The summed E-state index contributed by atoms with van der Waals surface area (Å²) in [6, 6.07) is 10.9. The Morgan fingerprint density at radius 3 is 2.50 bits per heavy atom. The van der Waals surface area contributed by atoms with Crippen LogP contribution >= 0.6 is 31.9 Å². The van der Waals surface area contributed by atoms with Crippen LogP contribution in [0.4, 0.5) is 17.1 Å². The Morgan fingerprint density at radius 1 is 1.10 bits per heavy atom. The topological polar surface area (TPSA) is 67.2 Å². The molecule has 0 radical (unpaired) electrons. The molecule has 0 aliphatic heterocycles. The lowest BCUT2D eigenvalue weighted by molar-refractivity contribution is 0.0963. The van der Waals surface area contributed by atoms with Crippen molar-refractivity contribution in [2.75, 3.05) is 18.1 Å². The molecule has 0 aliphatic carbocycles. The van der Waals surface area contributed by atoms with Gasteiger partial charge in [0.1, 0.15) is 0 Å². The van der Waals surface area contributed by atoms with Gasteiger partial charge in [-0.15, -0.1) is 0 Å². The number of amides is 1. The van der Waals surface area contributed by atoms with Gasteiger partial charge in [0.25, 0.3) is 5.91 Å². The van der Waals surface area contributed by atoms with Crippen molar-refractivity contribution >= 4 is 54.8 Å². The summed E-state index contributed by atoms with van der Waals surface area (Å²) in [7, 11) is 1.59. The highest BCUT2D eigenvalue weighted by atomic mass is 79.9. The first-order valence-electron chi connectivity index (χ1n) is 5.85. The second kappa shape index (κ2) is 6.28. The molecule has 2 rings (SSSR count). The standard InChI is InChI=1S/C14H13Br2N3O/c1-18-14(20)8-2-4-11(17)13(6-8)19-12-5-3-9(15)7-10(12)16/h2-7,19H,17H2,1H3,(H,18,20). The Bertz CT molecular complexity index is 659. The van der Waals surface area contributed by atoms with Crippen molar-refractivity contribution in [2.24, 2.45) is 0 Å².